The number of nitrogens with zero attached hydrogens (tertiary/aromatic N) is 8. The van der Waals surface area contributed by atoms with Gasteiger partial charge in [-0.1, -0.05) is 33.2 Å². The monoisotopic (exact) mass is 550 g/mol. The van der Waals surface area contributed by atoms with Crippen molar-refractivity contribution in [3.63, 3.8) is 0 Å². The molecule has 36 heavy (non-hydrogen) atoms. The Balaban J connectivity index is 2.61. The number of rotatable bonds is 11. The molecule has 2 aromatic carbocycles. The summed E-state index contributed by atoms with van der Waals surface area (Å²) < 4.78 is 0. The Labute approximate surface area is 205 Å². The smallest absolute Gasteiger partial charge is 0.258 e. The molecule has 20 nitrogen and oxygen atoms in total. The molecule has 0 radical (unpaired) electrons. The van der Waals surface area contributed by atoms with Crippen LogP contribution in [0.15, 0.2) is 24.3 Å². The first-order chi connectivity index (χ1) is 16.7. The van der Waals surface area contributed by atoms with Crippen molar-refractivity contribution in [3.8, 4) is 0 Å². The molecule has 0 aromatic heterocycles. The minimum atomic E-state index is -1.26. The van der Waals surface area contributed by atoms with Crippen LogP contribution in [0.2, 0.25) is 10.0 Å². The number of nitro benzene ring substituents is 4. The summed E-state index contributed by atoms with van der Waals surface area (Å²) in [5.74, 6) is 0. The van der Waals surface area contributed by atoms with Crippen molar-refractivity contribution >= 4 is 57.3 Å². The molecule has 190 valence electrons. The van der Waals surface area contributed by atoms with Crippen LogP contribution in [-0.2, 0) is 0 Å². The number of hydrazine groups is 2. The first-order valence-electron chi connectivity index (χ1n) is 8.75. The van der Waals surface area contributed by atoms with Gasteiger partial charge >= 0.3 is 11.4 Å². The SMILES string of the molecule is O=[N+]([O-])c1cc(Cl)c(N(CCN(c2c(Cl)cc([N+](=O)[O-])cc2[N+](=O)[O-])[N+](=O)[O-])[N+](=O)[O-])c([N+](=O)[O-])c1. The molecule has 0 saturated heterocycles. The van der Waals surface area contributed by atoms with E-state index in [1.807, 2.05) is 0 Å². The van der Waals surface area contributed by atoms with E-state index < -0.39 is 87.0 Å². The van der Waals surface area contributed by atoms with Gasteiger partial charge in [-0.25, -0.2) is 20.2 Å². The molecular formula is C14H8Cl2N8O12. The summed E-state index contributed by atoms with van der Waals surface area (Å²) in [6, 6.07) is 1.90. The zero-order chi connectivity index (χ0) is 27.5. The zero-order valence-electron chi connectivity index (χ0n) is 17.0. The Morgan fingerprint density at radius 1 is 0.556 bits per heavy atom. The van der Waals surface area contributed by atoms with Crippen molar-refractivity contribution in [1.82, 2.24) is 0 Å². The second-order valence-corrected chi connectivity index (χ2v) is 7.16. The predicted octanol–water partition coefficient (Wildman–Crippen LogP) is 3.32. The summed E-state index contributed by atoms with van der Waals surface area (Å²) in [5, 5.41) is 63.8. The average molecular weight is 551 g/mol. The van der Waals surface area contributed by atoms with Gasteiger partial charge in [0.25, 0.3) is 11.4 Å². The maximum Gasteiger partial charge on any atom is 0.307 e. The molecule has 0 spiro atoms. The number of anilines is 2. The summed E-state index contributed by atoms with van der Waals surface area (Å²) in [7, 11) is 0. The molecule has 0 aliphatic carbocycles. The second kappa shape index (κ2) is 10.5. The van der Waals surface area contributed by atoms with Gasteiger partial charge in [0.05, 0.1) is 41.9 Å². The van der Waals surface area contributed by atoms with Crippen LogP contribution in [0, 0.1) is 60.7 Å². The molecule has 22 heteroatoms. The highest BCUT2D eigenvalue weighted by Gasteiger charge is 2.37. The molecule has 0 unspecified atom stereocenters. The number of non-ortho nitro benzene ring substituents is 2. The van der Waals surface area contributed by atoms with Crippen molar-refractivity contribution in [2.24, 2.45) is 0 Å². The van der Waals surface area contributed by atoms with Gasteiger partial charge in [0, 0.05) is 12.1 Å². The van der Waals surface area contributed by atoms with E-state index in [2.05, 4.69) is 0 Å². The van der Waals surface area contributed by atoms with E-state index in [9.17, 15) is 60.7 Å². The van der Waals surface area contributed by atoms with E-state index >= 15 is 0 Å². The summed E-state index contributed by atoms with van der Waals surface area (Å²) >= 11 is 11.6. The van der Waals surface area contributed by atoms with Crippen LogP contribution in [0.25, 0.3) is 0 Å². The van der Waals surface area contributed by atoms with Gasteiger partial charge in [-0.15, -0.1) is 0 Å². The summed E-state index contributed by atoms with van der Waals surface area (Å²) in [5.41, 5.74) is -6.05. The molecule has 0 fully saturated rings. The molecule has 0 aliphatic rings. The van der Waals surface area contributed by atoms with Crippen LogP contribution in [0.4, 0.5) is 34.1 Å². The topological polar surface area (TPSA) is 265 Å². The molecular weight excluding hydrogens is 543 g/mol. The lowest BCUT2D eigenvalue weighted by Gasteiger charge is -2.19. The van der Waals surface area contributed by atoms with Gasteiger partial charge in [0.1, 0.15) is 13.1 Å². The zero-order valence-corrected chi connectivity index (χ0v) is 18.5. The van der Waals surface area contributed by atoms with E-state index in [4.69, 9.17) is 23.2 Å². The highest BCUT2D eigenvalue weighted by molar-refractivity contribution is 6.34. The van der Waals surface area contributed by atoms with Gasteiger partial charge in [0.15, 0.2) is 10.1 Å². The number of benzene rings is 2. The van der Waals surface area contributed by atoms with Gasteiger partial charge in [0.2, 0.25) is 11.4 Å². The lowest BCUT2D eigenvalue weighted by molar-refractivity contribution is -0.506. The Morgan fingerprint density at radius 3 is 1.08 bits per heavy atom. The third-order valence-electron chi connectivity index (χ3n) is 4.31. The van der Waals surface area contributed by atoms with Crippen molar-refractivity contribution in [2.75, 3.05) is 23.1 Å². The van der Waals surface area contributed by atoms with E-state index in [-0.39, 0.29) is 10.0 Å². The number of halogens is 2. The Bertz CT molecular complexity index is 1220. The first kappa shape index (κ1) is 27.3. The van der Waals surface area contributed by atoms with E-state index in [0.717, 1.165) is 0 Å². The molecule has 2 aromatic rings. The van der Waals surface area contributed by atoms with Gasteiger partial charge in [-0.2, -0.15) is 0 Å². The third-order valence-corrected chi connectivity index (χ3v) is 4.88. The Hall–Kier alpha value is -4.98. The predicted molar refractivity (Wildman–Crippen MR) is 118 cm³/mol. The quantitative estimate of drug-likeness (QED) is 0.286. The van der Waals surface area contributed by atoms with Crippen LogP contribution in [-0.4, -0.2) is 42.8 Å². The summed E-state index contributed by atoms with van der Waals surface area (Å²) in [4.78, 5) is 63.5. The van der Waals surface area contributed by atoms with Gasteiger partial charge in [-0.3, -0.25) is 40.5 Å². The fourth-order valence-electron chi connectivity index (χ4n) is 2.88. The first-order valence-corrected chi connectivity index (χ1v) is 9.51. The molecule has 0 amide bonds. The average Bonchev–Trinajstić information content (AvgIpc) is 2.76. The van der Waals surface area contributed by atoms with Crippen LogP contribution >= 0.6 is 23.2 Å². The van der Waals surface area contributed by atoms with Crippen molar-refractivity contribution in [1.29, 1.82) is 0 Å². The maximum absolute atomic E-state index is 11.6. The van der Waals surface area contributed by atoms with Crippen molar-refractivity contribution in [2.45, 2.75) is 0 Å². The van der Waals surface area contributed by atoms with Gasteiger partial charge in [-0.05, 0) is 0 Å². The van der Waals surface area contributed by atoms with E-state index in [1.165, 1.54) is 0 Å². The van der Waals surface area contributed by atoms with Crippen LogP contribution in [0.5, 0.6) is 0 Å². The third kappa shape index (κ3) is 5.56. The molecule has 0 N–H and O–H groups in total. The Morgan fingerprint density at radius 2 is 0.861 bits per heavy atom. The van der Waals surface area contributed by atoms with E-state index in [1.54, 1.807) is 0 Å². The molecule has 2 rings (SSSR count). The van der Waals surface area contributed by atoms with Gasteiger partial charge < -0.3 is 0 Å². The molecule has 0 aliphatic heterocycles. The normalized spacial score (nSPS) is 10.4. The van der Waals surface area contributed by atoms with Crippen molar-refractivity contribution < 1.29 is 29.8 Å². The van der Waals surface area contributed by atoms with Crippen LogP contribution in [0.1, 0.15) is 0 Å². The maximum atomic E-state index is 11.6. The molecule has 0 heterocycles. The molecule has 0 saturated carbocycles. The molecule has 0 bridgehead atoms. The number of hydrogen-bond acceptors (Lipinski definition) is 12. The second-order valence-electron chi connectivity index (χ2n) is 6.34. The minimum Gasteiger partial charge on any atom is -0.258 e. The number of nitro groups is 6. The standard InChI is InChI=1S/C14H8Cl2N8O12/c15-9-3-7(19(25)26)5-11(21(29)30)13(9)17(23(33)34)1-2-18(24(35)36)14-10(16)4-8(20(27)28)6-12(14)22(31)32/h3-6H,1-2H2. The molecule has 0 atom stereocenters. The largest absolute Gasteiger partial charge is 0.307 e. The lowest BCUT2D eigenvalue weighted by Crippen LogP contribution is -2.41. The highest BCUT2D eigenvalue weighted by atomic mass is 35.5. The summed E-state index contributed by atoms with van der Waals surface area (Å²) in [6.07, 6.45) is 0. The van der Waals surface area contributed by atoms with E-state index in [0.29, 0.717) is 24.3 Å². The lowest BCUT2D eigenvalue weighted by atomic mass is 10.2. The fourth-order valence-corrected chi connectivity index (χ4v) is 3.49. The minimum absolute atomic E-state index is 0.0359. The summed E-state index contributed by atoms with van der Waals surface area (Å²) in [6.45, 7) is -2.20. The van der Waals surface area contributed by atoms with Crippen LogP contribution in [0.3, 0.4) is 0 Å². The fraction of sp³-hybridized carbons (Fsp3) is 0.143. The Kier molecular flexibility index (Phi) is 7.97. The highest BCUT2D eigenvalue weighted by Crippen LogP contribution is 2.41. The van der Waals surface area contributed by atoms with Crippen LogP contribution < -0.4 is 10.0 Å². The van der Waals surface area contributed by atoms with Crippen molar-refractivity contribution in [3.05, 3.63) is 95.0 Å². The number of hydrogen-bond donors (Lipinski definition) is 0.